The van der Waals surface area contributed by atoms with Gasteiger partial charge in [-0.2, -0.15) is 10.2 Å². The molecule has 0 aliphatic heterocycles. The number of benzene rings is 3. The van der Waals surface area contributed by atoms with E-state index in [2.05, 4.69) is 37.0 Å². The molecule has 3 heterocycles. The predicted molar refractivity (Wildman–Crippen MR) is 152 cm³/mol. The van der Waals surface area contributed by atoms with Crippen LogP contribution in [-0.4, -0.2) is 31.0 Å². The van der Waals surface area contributed by atoms with E-state index in [0.717, 1.165) is 34.3 Å². The number of carbonyl (C=O) groups excluding carboxylic acids is 1. The van der Waals surface area contributed by atoms with Crippen molar-refractivity contribution in [1.29, 1.82) is 0 Å². The molecule has 3 N–H and O–H groups in total. The third kappa shape index (κ3) is 5.19. The van der Waals surface area contributed by atoms with Crippen molar-refractivity contribution < 1.29 is 9.53 Å². The Morgan fingerprint density at radius 3 is 2.59 bits per heavy atom. The molecule has 9 heteroatoms. The number of anilines is 2. The molecule has 39 heavy (non-hydrogen) atoms. The van der Waals surface area contributed by atoms with Gasteiger partial charge in [0.1, 0.15) is 11.4 Å². The van der Waals surface area contributed by atoms with Crippen LogP contribution in [0.2, 0.25) is 0 Å². The molecule has 0 radical (unpaired) electrons. The number of ether oxygens (including phenoxy) is 1. The van der Waals surface area contributed by atoms with E-state index in [1.165, 1.54) is 0 Å². The maximum atomic E-state index is 12.9. The Balaban J connectivity index is 1.22. The Labute approximate surface area is 224 Å². The van der Waals surface area contributed by atoms with Gasteiger partial charge in [0.25, 0.3) is 0 Å². The van der Waals surface area contributed by atoms with Crippen molar-refractivity contribution in [3.63, 3.8) is 0 Å². The van der Waals surface area contributed by atoms with Crippen molar-refractivity contribution in [1.82, 2.24) is 25.0 Å². The molecule has 0 bridgehead atoms. The van der Waals surface area contributed by atoms with Gasteiger partial charge in [-0.25, -0.2) is 9.78 Å². The molecule has 0 atom stereocenters. The predicted octanol–water partition coefficient (Wildman–Crippen LogP) is 6.94. The van der Waals surface area contributed by atoms with E-state index in [1.54, 1.807) is 6.07 Å². The van der Waals surface area contributed by atoms with Gasteiger partial charge in [-0.05, 0) is 49.4 Å². The number of urea groups is 1. The molecule has 0 saturated heterocycles. The molecule has 9 nitrogen and oxygen atoms in total. The van der Waals surface area contributed by atoms with Gasteiger partial charge in [-0.15, -0.1) is 0 Å². The number of aromatic nitrogens is 5. The number of nitrogens with one attached hydrogen (secondary N) is 3. The van der Waals surface area contributed by atoms with E-state index in [1.807, 2.05) is 103 Å². The van der Waals surface area contributed by atoms with Crippen LogP contribution < -0.4 is 15.4 Å². The number of para-hydroxylation sites is 3. The summed E-state index contributed by atoms with van der Waals surface area (Å²) in [5.74, 6) is 1.23. The Bertz CT molecular complexity index is 1760. The number of rotatable bonds is 7. The highest BCUT2D eigenvalue weighted by atomic mass is 16.5. The molecule has 0 spiro atoms. The summed E-state index contributed by atoms with van der Waals surface area (Å²) in [4.78, 5) is 17.5. The lowest BCUT2D eigenvalue weighted by molar-refractivity contribution is 0.262. The van der Waals surface area contributed by atoms with Crippen LogP contribution in [0.4, 0.5) is 16.2 Å². The topological polar surface area (TPSA) is 110 Å². The van der Waals surface area contributed by atoms with E-state index in [9.17, 15) is 4.79 Å². The lowest BCUT2D eigenvalue weighted by Crippen LogP contribution is -2.19. The summed E-state index contributed by atoms with van der Waals surface area (Å²) in [5.41, 5.74) is 5.39. The number of hydrogen-bond acceptors (Lipinski definition) is 5. The Morgan fingerprint density at radius 1 is 0.897 bits per heavy atom. The highest BCUT2D eigenvalue weighted by molar-refractivity contribution is 6.01. The van der Waals surface area contributed by atoms with Gasteiger partial charge >= 0.3 is 6.03 Å². The van der Waals surface area contributed by atoms with Crippen LogP contribution in [0, 0.1) is 0 Å². The van der Waals surface area contributed by atoms with Gasteiger partial charge in [-0.3, -0.25) is 9.78 Å². The number of hydrogen-bond donors (Lipinski definition) is 3. The summed E-state index contributed by atoms with van der Waals surface area (Å²) < 4.78 is 7.83. The van der Waals surface area contributed by atoms with Crippen LogP contribution >= 0.6 is 0 Å². The first-order valence-corrected chi connectivity index (χ1v) is 12.5. The number of carbonyl (C=O) groups is 1. The van der Waals surface area contributed by atoms with E-state index in [-0.39, 0.29) is 6.03 Å². The number of aromatic amines is 1. The maximum absolute atomic E-state index is 12.9. The van der Waals surface area contributed by atoms with E-state index in [0.29, 0.717) is 28.5 Å². The van der Waals surface area contributed by atoms with Crippen LogP contribution in [0.5, 0.6) is 11.5 Å². The smallest absolute Gasteiger partial charge is 0.323 e. The molecule has 0 aliphatic carbocycles. The zero-order chi connectivity index (χ0) is 26.6. The second kappa shape index (κ2) is 10.5. The van der Waals surface area contributed by atoms with Crippen LogP contribution in [0.25, 0.3) is 33.4 Å². The highest BCUT2D eigenvalue weighted by Gasteiger charge is 2.14. The maximum Gasteiger partial charge on any atom is 0.323 e. The standard InChI is InChI=1S/C30H25N7O2/c1-2-37-19-22(18-32-37)21-16-25-28(35-36-29(25)31-17-21)20-9-8-10-23(15-20)33-30(38)34-26-13-6-7-14-27(26)39-24-11-4-3-5-12-24/h3-19H,2H2,1H3,(H,31,35,36)(H2,33,34,38). The minimum absolute atomic E-state index is 0.389. The molecule has 192 valence electrons. The zero-order valence-corrected chi connectivity index (χ0v) is 21.1. The molecule has 6 aromatic rings. The minimum Gasteiger partial charge on any atom is -0.455 e. The molecule has 0 aliphatic rings. The SMILES string of the molecule is CCn1cc(-c2cnc3[nH]nc(-c4cccc(NC(=O)Nc5ccccc5Oc5ccccc5)c4)c3c2)cn1. The second-order valence-electron chi connectivity index (χ2n) is 8.85. The van der Waals surface area contributed by atoms with Crippen LogP contribution in [0.1, 0.15) is 6.92 Å². The summed E-state index contributed by atoms with van der Waals surface area (Å²) >= 11 is 0. The fraction of sp³-hybridized carbons (Fsp3) is 0.0667. The summed E-state index contributed by atoms with van der Waals surface area (Å²) in [7, 11) is 0. The van der Waals surface area contributed by atoms with Crippen molar-refractivity contribution >= 4 is 28.4 Å². The summed E-state index contributed by atoms with van der Waals surface area (Å²) in [6, 6.07) is 25.9. The zero-order valence-electron chi connectivity index (χ0n) is 21.1. The van der Waals surface area contributed by atoms with Crippen molar-refractivity contribution in [3.8, 4) is 33.9 Å². The van der Waals surface area contributed by atoms with Gasteiger partial charge < -0.3 is 15.4 Å². The van der Waals surface area contributed by atoms with Gasteiger partial charge in [0.15, 0.2) is 11.4 Å². The number of fused-ring (bicyclic) bond motifs is 1. The number of pyridine rings is 1. The first kappa shape index (κ1) is 23.9. The highest BCUT2D eigenvalue weighted by Crippen LogP contribution is 2.31. The number of amides is 2. The number of aryl methyl sites for hydroxylation is 1. The quantitative estimate of drug-likeness (QED) is 0.213. The van der Waals surface area contributed by atoms with Crippen LogP contribution in [-0.2, 0) is 6.54 Å². The second-order valence-corrected chi connectivity index (χ2v) is 8.85. The normalized spacial score (nSPS) is 10.9. The van der Waals surface area contributed by atoms with Crippen molar-refractivity contribution in [2.24, 2.45) is 0 Å². The van der Waals surface area contributed by atoms with Crippen molar-refractivity contribution in [2.45, 2.75) is 13.5 Å². The molecule has 6 rings (SSSR count). The Morgan fingerprint density at radius 2 is 1.74 bits per heavy atom. The molecule has 0 fully saturated rings. The molecular formula is C30H25N7O2. The molecule has 3 aromatic heterocycles. The molecule has 0 unspecified atom stereocenters. The van der Waals surface area contributed by atoms with Crippen LogP contribution in [0.15, 0.2) is 104 Å². The summed E-state index contributed by atoms with van der Waals surface area (Å²) in [6.45, 7) is 2.84. The third-order valence-corrected chi connectivity index (χ3v) is 6.21. The van der Waals surface area contributed by atoms with E-state index < -0.39 is 0 Å². The monoisotopic (exact) mass is 515 g/mol. The average molecular weight is 516 g/mol. The molecule has 0 saturated carbocycles. The van der Waals surface area contributed by atoms with Crippen molar-refractivity contribution in [2.75, 3.05) is 10.6 Å². The minimum atomic E-state index is -0.389. The molecular weight excluding hydrogens is 490 g/mol. The number of nitrogens with zero attached hydrogens (tertiary/aromatic N) is 4. The van der Waals surface area contributed by atoms with Crippen LogP contribution in [0.3, 0.4) is 0 Å². The van der Waals surface area contributed by atoms with Gasteiger partial charge in [-0.1, -0.05) is 42.5 Å². The summed E-state index contributed by atoms with van der Waals surface area (Å²) in [5, 5.41) is 18.5. The Hall–Kier alpha value is -5.44. The summed E-state index contributed by atoms with van der Waals surface area (Å²) in [6.07, 6.45) is 5.63. The Kier molecular flexibility index (Phi) is 6.45. The van der Waals surface area contributed by atoms with Gasteiger partial charge in [0, 0.05) is 46.7 Å². The van der Waals surface area contributed by atoms with Crippen molar-refractivity contribution in [3.05, 3.63) is 104 Å². The third-order valence-electron chi connectivity index (χ3n) is 6.21. The van der Waals surface area contributed by atoms with E-state index >= 15 is 0 Å². The van der Waals surface area contributed by atoms with Gasteiger partial charge in [0.05, 0.1) is 11.9 Å². The molecule has 2 amide bonds. The van der Waals surface area contributed by atoms with Gasteiger partial charge in [0.2, 0.25) is 0 Å². The van der Waals surface area contributed by atoms with E-state index in [4.69, 9.17) is 4.74 Å². The lowest BCUT2D eigenvalue weighted by Gasteiger charge is -2.13. The largest absolute Gasteiger partial charge is 0.455 e. The molecule has 3 aromatic carbocycles. The fourth-order valence-corrected chi connectivity index (χ4v) is 4.27. The first-order chi connectivity index (χ1) is 19.2. The number of H-pyrrole nitrogens is 1. The average Bonchev–Trinajstić information content (AvgIpc) is 3.62. The fourth-order valence-electron chi connectivity index (χ4n) is 4.27. The lowest BCUT2D eigenvalue weighted by atomic mass is 10.1. The first-order valence-electron chi connectivity index (χ1n) is 12.5.